The molecule has 0 aliphatic heterocycles. The average Bonchev–Trinajstić information content (AvgIpc) is 3.61. The first-order valence-corrected chi connectivity index (χ1v) is 47.5. The normalized spacial score (nSPS) is 11.8. The van der Waals surface area contributed by atoms with E-state index in [1.165, 1.54) is 597 Å². The molecule has 0 nitrogen and oxygen atoms in total. The second-order valence-electron chi connectivity index (χ2n) is 33.3. The van der Waals surface area contributed by atoms with Crippen LogP contribution in [0, 0.1) is 0 Å². The highest BCUT2D eigenvalue weighted by atomic mass is 14.1. The summed E-state index contributed by atoms with van der Waals surface area (Å²) in [6, 6.07) is 0. The predicted octanol–water partition coefficient (Wildman–Crippen LogP) is 37.5. The molecule has 0 fully saturated rings. The van der Waals surface area contributed by atoms with Gasteiger partial charge >= 0.3 is 0 Å². The van der Waals surface area contributed by atoms with Crippen molar-refractivity contribution in [3.63, 3.8) is 0 Å². The van der Waals surface area contributed by atoms with E-state index in [0.717, 1.165) is 0 Å². The van der Waals surface area contributed by atoms with Gasteiger partial charge in [0.15, 0.2) is 0 Å². The summed E-state index contributed by atoms with van der Waals surface area (Å²) < 4.78 is 0. The number of hydrogen-bond donors (Lipinski definition) is 0. The Kier molecular flexibility index (Phi) is 94.5. The second-order valence-corrected chi connectivity index (χ2v) is 33.3. The Hall–Kier alpha value is -0.260. The van der Waals surface area contributed by atoms with Crippen molar-refractivity contribution in [1.82, 2.24) is 0 Å². The van der Waals surface area contributed by atoms with Gasteiger partial charge in [-0.15, -0.1) is 6.58 Å². The third-order valence-electron chi connectivity index (χ3n) is 23.3. The molecule has 0 aliphatic rings. The predicted molar refractivity (Wildman–Crippen MR) is 445 cm³/mol. The van der Waals surface area contributed by atoms with Gasteiger partial charge in [-0.25, -0.2) is 0 Å². The smallest absolute Gasteiger partial charge is 0.0353 e. The monoisotopic (exact) mass is 1350 g/mol. The highest BCUT2D eigenvalue weighted by Gasteiger charge is 2.03. The number of rotatable bonds is 93. The van der Waals surface area contributed by atoms with Gasteiger partial charge in [-0.05, 0) is 12.8 Å². The largest absolute Gasteiger partial charge is 0.103 e. The first-order chi connectivity index (χ1) is 47.9. The minimum atomic E-state index is 1.21. The summed E-state index contributed by atoms with van der Waals surface area (Å²) in [6.45, 7) is 6.14. The summed E-state index contributed by atoms with van der Waals surface area (Å²) in [5, 5.41) is 0. The fourth-order valence-corrected chi connectivity index (χ4v) is 16.3. The van der Waals surface area contributed by atoms with E-state index >= 15 is 0 Å². The van der Waals surface area contributed by atoms with E-state index in [4.69, 9.17) is 0 Å². The molecular formula is C96H192. The molecule has 0 bridgehead atoms. The molecule has 0 radical (unpaired) electrons. The van der Waals surface area contributed by atoms with Crippen molar-refractivity contribution in [1.29, 1.82) is 0 Å². The zero-order valence-corrected chi connectivity index (χ0v) is 68.0. The van der Waals surface area contributed by atoms with Gasteiger partial charge in [-0.2, -0.15) is 0 Å². The molecule has 0 aromatic heterocycles. The third kappa shape index (κ3) is 93.7. The van der Waals surface area contributed by atoms with Crippen LogP contribution in [0.25, 0.3) is 0 Å². The van der Waals surface area contributed by atoms with Gasteiger partial charge in [0.05, 0.1) is 0 Å². The molecular weight excluding hydrogens is 1150 g/mol. The van der Waals surface area contributed by atoms with Crippen LogP contribution in [0.1, 0.15) is 604 Å². The Morgan fingerprint density at radius 3 is 0.229 bits per heavy atom. The van der Waals surface area contributed by atoms with E-state index in [1.54, 1.807) is 0 Å². The van der Waals surface area contributed by atoms with Crippen LogP contribution >= 0.6 is 0 Å². The Labute approximate surface area is 613 Å². The molecule has 576 valence electrons. The molecule has 0 aliphatic carbocycles. The van der Waals surface area contributed by atoms with E-state index < -0.39 is 0 Å². The molecule has 0 heteroatoms. The standard InChI is InChI=1S/C96H192/c1-3-5-7-9-11-13-15-17-19-21-23-25-27-29-31-33-35-37-39-41-43-45-47-49-51-53-55-57-59-61-63-65-67-69-71-73-75-77-79-81-83-85-87-89-91-93-95-96-94-92-90-88-86-84-82-80-78-76-74-72-70-68-66-64-62-60-58-56-54-52-50-48-46-44-42-40-38-36-34-32-30-28-26-24-22-20-18-16-14-12-10-8-6-4-2/h3H,1,4-96H2,2H3. The molecule has 0 saturated carbocycles. The number of hydrogen-bond acceptors (Lipinski definition) is 0. The summed E-state index contributed by atoms with van der Waals surface area (Å²) in [5.74, 6) is 0. The Balaban J connectivity index is 3.09. The van der Waals surface area contributed by atoms with Crippen molar-refractivity contribution < 1.29 is 0 Å². The molecule has 96 heavy (non-hydrogen) atoms. The Morgan fingerprint density at radius 1 is 0.104 bits per heavy atom. The molecule has 0 spiro atoms. The Morgan fingerprint density at radius 2 is 0.167 bits per heavy atom. The van der Waals surface area contributed by atoms with Crippen molar-refractivity contribution >= 4 is 0 Å². The van der Waals surface area contributed by atoms with E-state index in [2.05, 4.69) is 19.6 Å². The summed E-state index contributed by atoms with van der Waals surface area (Å²) >= 11 is 0. The van der Waals surface area contributed by atoms with Crippen molar-refractivity contribution in [2.24, 2.45) is 0 Å². The maximum atomic E-state index is 3.83. The zero-order valence-electron chi connectivity index (χ0n) is 68.0. The molecule has 0 heterocycles. The van der Waals surface area contributed by atoms with Gasteiger partial charge in [0, 0.05) is 0 Å². The van der Waals surface area contributed by atoms with E-state index in [9.17, 15) is 0 Å². The summed E-state index contributed by atoms with van der Waals surface area (Å²) in [5.41, 5.74) is 0. The highest BCUT2D eigenvalue weighted by molar-refractivity contribution is 4.66. The molecule has 0 saturated heterocycles. The molecule has 0 atom stereocenters. The lowest BCUT2D eigenvalue weighted by atomic mass is 10.0. The average molecular weight is 1350 g/mol. The van der Waals surface area contributed by atoms with Gasteiger partial charge in [-0.1, -0.05) is 597 Å². The van der Waals surface area contributed by atoms with Gasteiger partial charge in [0.25, 0.3) is 0 Å². The minimum Gasteiger partial charge on any atom is -0.103 e. The fraction of sp³-hybridized carbons (Fsp3) is 0.979. The maximum Gasteiger partial charge on any atom is -0.0353 e. The first kappa shape index (κ1) is 95.7. The van der Waals surface area contributed by atoms with Crippen LogP contribution < -0.4 is 0 Å². The second kappa shape index (κ2) is 94.7. The summed E-state index contributed by atoms with van der Waals surface area (Å²) in [6.07, 6.45) is 140. The first-order valence-electron chi connectivity index (χ1n) is 47.5. The summed E-state index contributed by atoms with van der Waals surface area (Å²) in [7, 11) is 0. The number of unbranched alkanes of at least 4 members (excludes halogenated alkanes) is 92. The highest BCUT2D eigenvalue weighted by Crippen LogP contribution is 2.23. The molecule has 0 amide bonds. The van der Waals surface area contributed by atoms with Gasteiger partial charge < -0.3 is 0 Å². The fourth-order valence-electron chi connectivity index (χ4n) is 16.3. The molecule has 0 unspecified atom stereocenters. The van der Waals surface area contributed by atoms with Gasteiger partial charge in [-0.3, -0.25) is 0 Å². The SMILES string of the molecule is C=CCCCCCCCCCCCCCCCCCCCCCCCCCCCCCCCCCCCCCCCCCCCCCCCCCCCCCCCCCCCCCCCCCCCCCCCCCCCCCCCCCCCCCCCCCCCCCC. The molecule has 0 N–H and O–H groups in total. The van der Waals surface area contributed by atoms with Crippen LogP contribution in [0.3, 0.4) is 0 Å². The topological polar surface area (TPSA) is 0 Å². The van der Waals surface area contributed by atoms with Crippen molar-refractivity contribution in [3.8, 4) is 0 Å². The van der Waals surface area contributed by atoms with Gasteiger partial charge in [0.1, 0.15) is 0 Å². The molecule has 0 aromatic carbocycles. The summed E-state index contributed by atoms with van der Waals surface area (Å²) in [4.78, 5) is 0. The maximum absolute atomic E-state index is 3.83. The Bertz CT molecular complexity index is 1260. The lowest BCUT2D eigenvalue weighted by Crippen LogP contribution is -1.85. The van der Waals surface area contributed by atoms with Crippen LogP contribution in [0.2, 0.25) is 0 Å². The number of allylic oxidation sites excluding steroid dienone is 1. The van der Waals surface area contributed by atoms with Crippen molar-refractivity contribution in [2.75, 3.05) is 0 Å². The van der Waals surface area contributed by atoms with E-state index in [-0.39, 0.29) is 0 Å². The van der Waals surface area contributed by atoms with Crippen LogP contribution in [0.15, 0.2) is 12.7 Å². The van der Waals surface area contributed by atoms with Crippen LogP contribution in [0.4, 0.5) is 0 Å². The lowest BCUT2D eigenvalue weighted by molar-refractivity contribution is 0.505. The minimum absolute atomic E-state index is 1.21. The zero-order chi connectivity index (χ0) is 68.5. The van der Waals surface area contributed by atoms with E-state index in [1.807, 2.05) is 0 Å². The van der Waals surface area contributed by atoms with Crippen molar-refractivity contribution in [3.05, 3.63) is 12.7 Å². The quantitative estimate of drug-likeness (QED) is 0.0421. The van der Waals surface area contributed by atoms with Crippen LogP contribution in [-0.2, 0) is 0 Å². The molecule has 0 aromatic rings. The van der Waals surface area contributed by atoms with E-state index in [0.29, 0.717) is 0 Å². The van der Waals surface area contributed by atoms with Crippen LogP contribution in [0.5, 0.6) is 0 Å². The molecule has 0 rings (SSSR count). The van der Waals surface area contributed by atoms with Gasteiger partial charge in [0.2, 0.25) is 0 Å². The third-order valence-corrected chi connectivity index (χ3v) is 23.3. The lowest BCUT2D eigenvalue weighted by Gasteiger charge is -2.05. The van der Waals surface area contributed by atoms with Crippen LogP contribution in [-0.4, -0.2) is 0 Å². The van der Waals surface area contributed by atoms with Crippen molar-refractivity contribution in [2.45, 2.75) is 604 Å².